The maximum Gasteiger partial charge on any atom is 0.416 e. The molecular weight excluding hydrogens is 663 g/mol. The molecule has 49 heavy (non-hydrogen) atoms. The number of imide groups is 1. The Balaban J connectivity index is 1.47. The summed E-state index contributed by atoms with van der Waals surface area (Å²) < 4.78 is 95.5. The maximum atomic E-state index is 14.1. The fourth-order valence-corrected chi connectivity index (χ4v) is 6.64. The number of hydrogen-bond acceptors (Lipinski definition) is 6. The molecule has 1 fully saturated rings. The highest BCUT2D eigenvalue weighted by Crippen LogP contribution is 2.48. The van der Waals surface area contributed by atoms with Crippen molar-refractivity contribution in [3.8, 4) is 5.75 Å². The molecule has 1 heterocycles. The van der Waals surface area contributed by atoms with Crippen LogP contribution in [0.4, 0.5) is 36.4 Å². The Bertz CT molecular complexity index is 1770. The van der Waals surface area contributed by atoms with Crippen molar-refractivity contribution < 1.29 is 60.7 Å². The summed E-state index contributed by atoms with van der Waals surface area (Å²) in [6.07, 6.45) is -10.6. The van der Waals surface area contributed by atoms with Crippen LogP contribution in [-0.4, -0.2) is 51.6 Å². The average Bonchev–Trinajstić information content (AvgIpc) is 3.31. The number of benzene rings is 3. The van der Waals surface area contributed by atoms with Gasteiger partial charge in [0.15, 0.2) is 11.6 Å². The van der Waals surface area contributed by atoms with Crippen molar-refractivity contribution in [1.29, 1.82) is 0 Å². The van der Waals surface area contributed by atoms with Crippen LogP contribution >= 0.6 is 0 Å². The Morgan fingerprint density at radius 1 is 0.898 bits per heavy atom. The summed E-state index contributed by atoms with van der Waals surface area (Å²) in [5, 5.41) is 41.7. The standard InChI is InChI=1S/C35H30F7NO6/c36-27-11-18(6-8-28(27)46)10-20(19-4-2-1-3-5-19)7-9-29(47)30-21(16-44)12-25-31(26(30)17-45)33(49)43(32(25)48)24-14-22(34(37,38)39)13-23(15-24)35(40,41)42/h1-6,8,10-11,13-15,25-26,29,31,44-47H,7,9,12,16-17H2/b20-10-/t25-,26+,29-,31-/m1/s1. The van der Waals surface area contributed by atoms with Gasteiger partial charge >= 0.3 is 12.4 Å². The SMILES string of the molecule is O=C1[C@@H]2[C@@H](CC(CO)=C([C@H](O)CC/C(=C/c3ccc(O)c(F)c3)c3ccccc3)[C@@H]2CO)C(=O)N1c1cc(C(F)(F)F)cc(C(F)(F)F)c1. The highest BCUT2D eigenvalue weighted by molar-refractivity contribution is 6.22. The van der Waals surface area contributed by atoms with Crippen LogP contribution in [0.25, 0.3) is 11.6 Å². The molecule has 2 amide bonds. The van der Waals surface area contributed by atoms with Gasteiger partial charge in [0.2, 0.25) is 11.8 Å². The fourth-order valence-electron chi connectivity index (χ4n) is 6.64. The average molecular weight is 694 g/mol. The molecule has 2 aliphatic rings. The summed E-state index contributed by atoms with van der Waals surface area (Å²) in [5.74, 6) is -7.75. The first kappa shape index (κ1) is 35.8. The minimum absolute atomic E-state index is 0.0392. The number of aliphatic hydroxyl groups excluding tert-OH is 3. The summed E-state index contributed by atoms with van der Waals surface area (Å²) >= 11 is 0. The van der Waals surface area contributed by atoms with E-state index < -0.39 is 89.6 Å². The van der Waals surface area contributed by atoms with Crippen molar-refractivity contribution in [1.82, 2.24) is 0 Å². The number of phenols is 1. The first-order valence-electron chi connectivity index (χ1n) is 15.1. The lowest BCUT2D eigenvalue weighted by atomic mass is 9.68. The van der Waals surface area contributed by atoms with Gasteiger partial charge in [-0.2, -0.15) is 26.3 Å². The van der Waals surface area contributed by atoms with Crippen LogP contribution in [0.3, 0.4) is 0 Å². The fraction of sp³-hybridized carbons (Fsp3) is 0.314. The highest BCUT2D eigenvalue weighted by Gasteiger charge is 2.55. The molecular formula is C35H30F7NO6. The largest absolute Gasteiger partial charge is 0.505 e. The van der Waals surface area contributed by atoms with Crippen LogP contribution in [0, 0.1) is 23.6 Å². The summed E-state index contributed by atoms with van der Waals surface area (Å²) in [6.45, 7) is -1.56. The zero-order valence-corrected chi connectivity index (χ0v) is 25.5. The third kappa shape index (κ3) is 7.26. The number of carbonyl (C=O) groups is 2. The maximum absolute atomic E-state index is 14.1. The van der Waals surface area contributed by atoms with E-state index in [0.29, 0.717) is 16.7 Å². The van der Waals surface area contributed by atoms with Gasteiger partial charge in [0.1, 0.15) is 0 Å². The molecule has 1 aliphatic carbocycles. The normalized spacial score (nSPS) is 21.0. The Kier molecular flexibility index (Phi) is 10.0. The molecule has 0 spiro atoms. The van der Waals surface area contributed by atoms with Gasteiger partial charge < -0.3 is 20.4 Å². The third-order valence-electron chi connectivity index (χ3n) is 8.91. The molecule has 4 atom stereocenters. The molecule has 4 N–H and O–H groups in total. The van der Waals surface area contributed by atoms with E-state index in [0.717, 1.165) is 6.07 Å². The Labute approximate surface area is 275 Å². The van der Waals surface area contributed by atoms with E-state index in [1.54, 1.807) is 36.4 Å². The lowest BCUT2D eigenvalue weighted by Crippen LogP contribution is -2.39. The number of phenolic OH excluding ortho intramolecular Hbond substituents is 1. The molecule has 14 heteroatoms. The number of nitrogens with zero attached hydrogens (tertiary/aromatic N) is 1. The van der Waals surface area contributed by atoms with E-state index in [-0.39, 0.29) is 53.5 Å². The lowest BCUT2D eigenvalue weighted by Gasteiger charge is -2.36. The van der Waals surface area contributed by atoms with Crippen LogP contribution in [0.1, 0.15) is 41.5 Å². The first-order chi connectivity index (χ1) is 23.0. The predicted octanol–water partition coefficient (Wildman–Crippen LogP) is 6.36. The van der Waals surface area contributed by atoms with Gasteiger partial charge in [-0.05, 0) is 77.4 Å². The molecule has 260 valence electrons. The Morgan fingerprint density at radius 2 is 1.53 bits per heavy atom. The number of aliphatic hydroxyl groups is 3. The number of allylic oxidation sites excluding steroid dienone is 1. The smallest absolute Gasteiger partial charge is 0.416 e. The monoisotopic (exact) mass is 693 g/mol. The van der Waals surface area contributed by atoms with Gasteiger partial charge in [-0.1, -0.05) is 42.5 Å². The van der Waals surface area contributed by atoms with E-state index in [4.69, 9.17) is 0 Å². The molecule has 0 saturated carbocycles. The zero-order valence-electron chi connectivity index (χ0n) is 25.5. The number of fused-ring (bicyclic) bond motifs is 1. The van der Waals surface area contributed by atoms with E-state index >= 15 is 0 Å². The van der Waals surface area contributed by atoms with Crippen LogP contribution < -0.4 is 4.90 Å². The molecule has 5 rings (SSSR count). The molecule has 3 aromatic rings. The van der Waals surface area contributed by atoms with E-state index in [1.165, 1.54) is 12.1 Å². The number of anilines is 1. The van der Waals surface area contributed by atoms with Gasteiger partial charge in [0.05, 0.1) is 48.0 Å². The second-order valence-corrected chi connectivity index (χ2v) is 11.9. The first-order valence-corrected chi connectivity index (χ1v) is 15.1. The van der Waals surface area contributed by atoms with Crippen molar-refractivity contribution in [2.24, 2.45) is 17.8 Å². The summed E-state index contributed by atoms with van der Waals surface area (Å²) in [5.41, 5.74) is -2.55. The Hall–Kier alpha value is -4.53. The van der Waals surface area contributed by atoms with Crippen molar-refractivity contribution >= 4 is 29.2 Å². The number of amides is 2. The van der Waals surface area contributed by atoms with Crippen LogP contribution in [0.15, 0.2) is 77.9 Å². The summed E-state index contributed by atoms with van der Waals surface area (Å²) in [7, 11) is 0. The van der Waals surface area contributed by atoms with Crippen molar-refractivity contribution in [3.05, 3.63) is 106 Å². The molecule has 0 radical (unpaired) electrons. The summed E-state index contributed by atoms with van der Waals surface area (Å²) in [4.78, 5) is 27.5. The number of carbonyl (C=O) groups excluding carboxylic acids is 2. The molecule has 0 unspecified atom stereocenters. The molecule has 7 nitrogen and oxygen atoms in total. The van der Waals surface area contributed by atoms with Crippen molar-refractivity contribution in [3.63, 3.8) is 0 Å². The lowest BCUT2D eigenvalue weighted by molar-refractivity contribution is -0.143. The minimum Gasteiger partial charge on any atom is -0.505 e. The van der Waals surface area contributed by atoms with Crippen molar-refractivity contribution in [2.45, 2.75) is 37.7 Å². The molecule has 0 bridgehead atoms. The van der Waals surface area contributed by atoms with Gasteiger partial charge in [-0.25, -0.2) is 9.29 Å². The van der Waals surface area contributed by atoms with Gasteiger partial charge in [-0.15, -0.1) is 0 Å². The predicted molar refractivity (Wildman–Crippen MR) is 163 cm³/mol. The van der Waals surface area contributed by atoms with Gasteiger partial charge in [-0.3, -0.25) is 9.59 Å². The second kappa shape index (κ2) is 13.8. The quantitative estimate of drug-likeness (QED) is 0.0898. The number of hydrogen-bond donors (Lipinski definition) is 4. The van der Waals surface area contributed by atoms with Crippen LogP contribution in [-0.2, 0) is 21.9 Å². The zero-order chi connectivity index (χ0) is 35.8. The molecule has 0 aromatic heterocycles. The molecule has 3 aromatic carbocycles. The Morgan fingerprint density at radius 3 is 2.08 bits per heavy atom. The number of alkyl halides is 6. The second-order valence-electron chi connectivity index (χ2n) is 11.9. The van der Waals surface area contributed by atoms with Crippen molar-refractivity contribution in [2.75, 3.05) is 18.1 Å². The number of halogens is 7. The minimum atomic E-state index is -5.24. The van der Waals surface area contributed by atoms with E-state index in [1.807, 2.05) is 0 Å². The number of aromatic hydroxyl groups is 1. The van der Waals surface area contributed by atoms with Gasteiger partial charge in [0.25, 0.3) is 0 Å². The van der Waals surface area contributed by atoms with Crippen LogP contribution in [0.2, 0.25) is 0 Å². The van der Waals surface area contributed by atoms with Gasteiger partial charge in [0, 0.05) is 5.92 Å². The molecule has 1 saturated heterocycles. The summed E-state index contributed by atoms with van der Waals surface area (Å²) in [6, 6.07) is 13.0. The topological polar surface area (TPSA) is 118 Å². The third-order valence-corrected chi connectivity index (χ3v) is 8.91. The van der Waals surface area contributed by atoms with E-state index in [9.17, 15) is 60.7 Å². The van der Waals surface area contributed by atoms with E-state index in [2.05, 4.69) is 0 Å². The highest BCUT2D eigenvalue weighted by atomic mass is 19.4. The number of rotatable bonds is 9. The molecule has 1 aliphatic heterocycles. The van der Waals surface area contributed by atoms with Crippen LogP contribution in [0.5, 0.6) is 5.75 Å².